The number of ether oxygens (including phenoxy) is 1. The molecule has 1 aliphatic carbocycles. The van der Waals surface area contributed by atoms with Crippen molar-refractivity contribution in [2.24, 2.45) is 0 Å². The lowest BCUT2D eigenvalue weighted by atomic mass is 9.71. The Morgan fingerprint density at radius 1 is 0.933 bits per heavy atom. The Kier molecular flexibility index (Phi) is 5.08. The Morgan fingerprint density at radius 2 is 1.63 bits per heavy atom. The van der Waals surface area contributed by atoms with Crippen molar-refractivity contribution in [3.8, 4) is 11.5 Å². The van der Waals surface area contributed by atoms with Crippen LogP contribution >= 0.6 is 0 Å². The van der Waals surface area contributed by atoms with Crippen molar-refractivity contribution in [2.75, 3.05) is 6.61 Å². The lowest BCUT2D eigenvalue weighted by Gasteiger charge is -2.44. The lowest BCUT2D eigenvalue weighted by Crippen LogP contribution is -2.60. The summed E-state index contributed by atoms with van der Waals surface area (Å²) in [6, 6.07) is 6.76. The van der Waals surface area contributed by atoms with Crippen LogP contribution in [0.25, 0.3) is 0 Å². The number of rotatable bonds is 3. The molecule has 0 bridgehead atoms. The minimum atomic E-state index is -1.66. The summed E-state index contributed by atoms with van der Waals surface area (Å²) in [7, 11) is 0. The number of hydrogen-bond donors (Lipinski definition) is 6. The standard InChI is InChI=1S/C21H20O9/c22-6-8-4-10-14(21-20(29)19(28)17(26)13(7-23)30-21)9-2-1-3-11(24)15(9)18(27)16(10)12(25)5-8/h1-6,13-14,17,19-21,23-26,28-29H,7H2/t13-,14+,17-,19+,20-,21+/m1/s1. The SMILES string of the molecule is O=Cc1cc(O)c2c(c1)[C@@H]([C@@H]1O[C@H](CO)[C@@H](O)[C@H](O)[C@H]1O)c1cccc(O)c1C2=O. The molecule has 30 heavy (non-hydrogen) atoms. The maximum atomic E-state index is 13.1. The minimum absolute atomic E-state index is 0.0669. The number of ketones is 1. The third kappa shape index (κ3) is 2.91. The Labute approximate surface area is 170 Å². The van der Waals surface area contributed by atoms with Crippen LogP contribution in [-0.4, -0.2) is 79.8 Å². The molecule has 2 aromatic rings. The summed E-state index contributed by atoms with van der Waals surface area (Å²) in [5.41, 5.74) is 0.193. The highest BCUT2D eigenvalue weighted by Gasteiger charge is 2.50. The zero-order chi connectivity index (χ0) is 21.7. The van der Waals surface area contributed by atoms with E-state index < -0.39 is 54.6 Å². The molecular weight excluding hydrogens is 396 g/mol. The van der Waals surface area contributed by atoms with Gasteiger partial charge in [-0.2, -0.15) is 0 Å². The zero-order valence-electron chi connectivity index (χ0n) is 15.5. The Morgan fingerprint density at radius 3 is 2.30 bits per heavy atom. The van der Waals surface area contributed by atoms with Gasteiger partial charge in [-0.15, -0.1) is 0 Å². The number of aliphatic hydroxyl groups is 4. The summed E-state index contributed by atoms with van der Waals surface area (Å²) in [5, 5.41) is 61.3. The molecule has 9 heteroatoms. The number of benzene rings is 2. The summed E-state index contributed by atoms with van der Waals surface area (Å²) in [4.78, 5) is 24.4. The molecule has 0 aromatic heterocycles. The topological polar surface area (TPSA) is 165 Å². The van der Waals surface area contributed by atoms with Gasteiger partial charge in [-0.3, -0.25) is 9.59 Å². The second-order valence-electron chi connectivity index (χ2n) is 7.46. The molecule has 0 unspecified atom stereocenters. The highest BCUT2D eigenvalue weighted by Crippen LogP contribution is 2.47. The van der Waals surface area contributed by atoms with Gasteiger partial charge >= 0.3 is 0 Å². The van der Waals surface area contributed by atoms with Crippen molar-refractivity contribution < 1.29 is 45.0 Å². The first-order valence-corrected chi connectivity index (χ1v) is 9.29. The quantitative estimate of drug-likeness (QED) is 0.359. The van der Waals surface area contributed by atoms with Gasteiger partial charge in [0.1, 0.15) is 42.2 Å². The van der Waals surface area contributed by atoms with E-state index in [2.05, 4.69) is 0 Å². The van der Waals surface area contributed by atoms with E-state index in [1.807, 2.05) is 0 Å². The summed E-state index contributed by atoms with van der Waals surface area (Å²) >= 11 is 0. The van der Waals surface area contributed by atoms with Crippen molar-refractivity contribution in [1.29, 1.82) is 0 Å². The van der Waals surface area contributed by atoms with Crippen LogP contribution in [0.15, 0.2) is 30.3 Å². The van der Waals surface area contributed by atoms with Crippen LogP contribution in [0, 0.1) is 0 Å². The van der Waals surface area contributed by atoms with E-state index in [0.29, 0.717) is 6.29 Å². The van der Waals surface area contributed by atoms with E-state index >= 15 is 0 Å². The van der Waals surface area contributed by atoms with Gasteiger partial charge in [-0.1, -0.05) is 12.1 Å². The number of aldehydes is 1. The number of aromatic hydroxyl groups is 2. The molecule has 0 saturated carbocycles. The Hall–Kier alpha value is -2.82. The average molecular weight is 416 g/mol. The molecule has 0 radical (unpaired) electrons. The van der Waals surface area contributed by atoms with Gasteiger partial charge in [0.2, 0.25) is 5.78 Å². The third-order valence-corrected chi connectivity index (χ3v) is 5.76. The molecule has 4 rings (SSSR count). The number of fused-ring (bicyclic) bond motifs is 2. The Bertz CT molecular complexity index is 1020. The fraction of sp³-hybridized carbons (Fsp3) is 0.333. The summed E-state index contributed by atoms with van der Waals surface area (Å²) in [5.74, 6) is -2.51. The van der Waals surface area contributed by atoms with Gasteiger partial charge in [0.15, 0.2) is 0 Å². The van der Waals surface area contributed by atoms with Gasteiger partial charge in [0.05, 0.1) is 23.8 Å². The molecule has 9 nitrogen and oxygen atoms in total. The zero-order valence-corrected chi connectivity index (χ0v) is 15.5. The van der Waals surface area contributed by atoms with E-state index in [1.165, 1.54) is 24.3 Å². The molecule has 2 aliphatic rings. The van der Waals surface area contributed by atoms with Crippen molar-refractivity contribution >= 4 is 12.1 Å². The molecule has 6 atom stereocenters. The van der Waals surface area contributed by atoms with Crippen molar-refractivity contribution in [3.05, 3.63) is 58.1 Å². The normalized spacial score (nSPS) is 30.5. The first kappa shape index (κ1) is 20.5. The predicted molar refractivity (Wildman–Crippen MR) is 101 cm³/mol. The number of phenolic OH excluding ortho intramolecular Hbond substituents is 2. The predicted octanol–water partition coefficient (Wildman–Crippen LogP) is -0.571. The highest BCUT2D eigenvalue weighted by molar-refractivity contribution is 6.16. The maximum Gasteiger partial charge on any atom is 0.201 e. The van der Waals surface area contributed by atoms with Crippen molar-refractivity contribution in [1.82, 2.24) is 0 Å². The molecule has 1 aliphatic heterocycles. The van der Waals surface area contributed by atoms with Crippen molar-refractivity contribution in [3.63, 3.8) is 0 Å². The average Bonchev–Trinajstić information content (AvgIpc) is 2.73. The molecule has 0 amide bonds. The van der Waals surface area contributed by atoms with E-state index in [9.17, 15) is 40.2 Å². The molecule has 2 aromatic carbocycles. The van der Waals surface area contributed by atoms with Crippen LogP contribution in [0.3, 0.4) is 0 Å². The number of phenols is 2. The fourth-order valence-electron chi connectivity index (χ4n) is 4.35. The first-order valence-electron chi connectivity index (χ1n) is 9.29. The fourth-order valence-corrected chi connectivity index (χ4v) is 4.35. The van der Waals surface area contributed by atoms with Crippen molar-refractivity contribution in [2.45, 2.75) is 36.4 Å². The van der Waals surface area contributed by atoms with E-state index in [-0.39, 0.29) is 33.6 Å². The van der Waals surface area contributed by atoms with Crippen LogP contribution in [0.2, 0.25) is 0 Å². The van der Waals surface area contributed by atoms with Gasteiger partial charge < -0.3 is 35.4 Å². The minimum Gasteiger partial charge on any atom is -0.507 e. The van der Waals surface area contributed by atoms with E-state index in [4.69, 9.17) is 4.74 Å². The highest BCUT2D eigenvalue weighted by atomic mass is 16.5. The molecule has 0 spiro atoms. The molecule has 6 N–H and O–H groups in total. The van der Waals surface area contributed by atoms with Gasteiger partial charge in [0, 0.05) is 11.5 Å². The van der Waals surface area contributed by atoms with Crippen LogP contribution in [0.4, 0.5) is 0 Å². The summed E-state index contributed by atoms with van der Waals surface area (Å²) in [6.45, 7) is -0.646. The molecule has 1 fully saturated rings. The monoisotopic (exact) mass is 416 g/mol. The van der Waals surface area contributed by atoms with E-state index in [0.717, 1.165) is 6.07 Å². The molecule has 158 valence electrons. The number of aliphatic hydroxyl groups excluding tert-OH is 4. The maximum absolute atomic E-state index is 13.1. The molecular formula is C21H20O9. The second-order valence-corrected chi connectivity index (χ2v) is 7.46. The Balaban J connectivity index is 1.97. The van der Waals surface area contributed by atoms with Crippen LogP contribution in [-0.2, 0) is 4.74 Å². The van der Waals surface area contributed by atoms with Gasteiger partial charge in [0.25, 0.3) is 0 Å². The van der Waals surface area contributed by atoms with Crippen LogP contribution < -0.4 is 0 Å². The van der Waals surface area contributed by atoms with E-state index in [1.54, 1.807) is 0 Å². The van der Waals surface area contributed by atoms with Crippen LogP contribution in [0.5, 0.6) is 11.5 Å². The van der Waals surface area contributed by atoms with Crippen LogP contribution in [0.1, 0.15) is 43.3 Å². The number of hydrogen-bond acceptors (Lipinski definition) is 9. The summed E-state index contributed by atoms with van der Waals surface area (Å²) in [6.07, 6.45) is -6.86. The number of carbonyl (C=O) groups is 2. The molecule has 1 saturated heterocycles. The third-order valence-electron chi connectivity index (χ3n) is 5.76. The van der Waals surface area contributed by atoms with Gasteiger partial charge in [-0.25, -0.2) is 0 Å². The molecule has 1 heterocycles. The second kappa shape index (κ2) is 7.46. The number of carbonyl (C=O) groups excluding carboxylic acids is 2. The first-order chi connectivity index (χ1) is 14.3. The summed E-state index contributed by atoms with van der Waals surface area (Å²) < 4.78 is 5.70. The lowest BCUT2D eigenvalue weighted by molar-refractivity contribution is -0.232. The smallest absolute Gasteiger partial charge is 0.201 e. The largest absolute Gasteiger partial charge is 0.507 e. The van der Waals surface area contributed by atoms with Gasteiger partial charge in [-0.05, 0) is 29.3 Å².